The van der Waals surface area contributed by atoms with E-state index in [1.807, 2.05) is 33.3 Å². The molecule has 0 heterocycles. The van der Waals surface area contributed by atoms with Crippen molar-refractivity contribution in [3.63, 3.8) is 0 Å². The van der Waals surface area contributed by atoms with Crippen LogP contribution in [0.4, 0.5) is 0 Å². The van der Waals surface area contributed by atoms with E-state index in [0.717, 1.165) is 109 Å². The van der Waals surface area contributed by atoms with Crippen LogP contribution < -0.4 is 10.2 Å². The zero-order chi connectivity index (χ0) is 52.2. The first kappa shape index (κ1) is 68.2. The van der Waals surface area contributed by atoms with E-state index >= 15 is 0 Å². The maximum Gasteiger partial charge on any atom is 0.306 e. The van der Waals surface area contributed by atoms with Crippen LogP contribution in [0.2, 0.25) is 0 Å². The lowest BCUT2D eigenvalue weighted by Crippen LogP contribution is -2.47. The second-order valence-corrected chi connectivity index (χ2v) is 21.9. The number of rotatable bonds is 51. The van der Waals surface area contributed by atoms with Crippen molar-refractivity contribution in [1.82, 2.24) is 5.32 Å². The molecule has 3 atom stereocenters. The fraction of sp³-hybridized carbons (Fsp3) is 0.738. The lowest BCUT2D eigenvalue weighted by atomic mass is 10.1. The molecular formula is C61H109N2O7P. The number of esters is 1. The van der Waals surface area contributed by atoms with Crippen molar-refractivity contribution in [2.24, 2.45) is 0 Å². The molecule has 0 radical (unpaired) electrons. The Hall–Kier alpha value is -2.81. The summed E-state index contributed by atoms with van der Waals surface area (Å²) in [5.41, 5.74) is 0. The minimum absolute atomic E-state index is 0.0309. The number of unbranched alkanes of at least 4 members (excludes halogenated alkanes) is 25. The number of carbonyl (C=O) groups is 2. The van der Waals surface area contributed by atoms with Gasteiger partial charge in [-0.2, -0.15) is 0 Å². The number of likely N-dealkylation sites (N-methyl/N-ethyl adjacent to an activating group) is 1. The highest BCUT2D eigenvalue weighted by Gasteiger charge is 2.27. The van der Waals surface area contributed by atoms with E-state index in [1.54, 1.807) is 0 Å². The summed E-state index contributed by atoms with van der Waals surface area (Å²) in [5.74, 6) is -0.574. The Balaban J connectivity index is 5.33. The molecule has 0 aromatic carbocycles. The number of ether oxygens (including phenoxy) is 1. The van der Waals surface area contributed by atoms with E-state index in [0.29, 0.717) is 23.9 Å². The first-order valence-electron chi connectivity index (χ1n) is 28.9. The average Bonchev–Trinajstić information content (AvgIpc) is 3.33. The number of quaternary nitrogens is 1. The summed E-state index contributed by atoms with van der Waals surface area (Å²) in [6.07, 6.45) is 65.4. The third-order valence-electron chi connectivity index (χ3n) is 12.4. The highest BCUT2D eigenvalue weighted by atomic mass is 31.2. The molecule has 0 aliphatic heterocycles. The Labute approximate surface area is 437 Å². The number of hydrogen-bond acceptors (Lipinski definition) is 7. The molecule has 0 aromatic rings. The van der Waals surface area contributed by atoms with Gasteiger partial charge in [-0.3, -0.25) is 14.2 Å². The molecule has 71 heavy (non-hydrogen) atoms. The lowest BCUT2D eigenvalue weighted by molar-refractivity contribution is -0.870. The Morgan fingerprint density at radius 1 is 0.521 bits per heavy atom. The first-order chi connectivity index (χ1) is 34.4. The molecule has 10 heteroatoms. The lowest BCUT2D eigenvalue weighted by Gasteiger charge is -2.30. The number of amides is 1. The predicted octanol–water partition coefficient (Wildman–Crippen LogP) is 16.8. The van der Waals surface area contributed by atoms with Crippen LogP contribution in [0.3, 0.4) is 0 Å². The molecule has 9 nitrogen and oxygen atoms in total. The SMILES string of the molecule is CC/C=C/C=C/C=C/CCCCCCCCCC(=O)OC(/C=C\CCCCCCCCCCC)C(COP(=O)([O-])OCC[N+](C)(C)C)NC(=O)CCCCCCCC/C=C\C/C=C\C/C=C\CCCCC. The monoisotopic (exact) mass is 1010 g/mol. The van der Waals surface area contributed by atoms with Crippen LogP contribution in [0.25, 0.3) is 0 Å². The Morgan fingerprint density at radius 3 is 1.49 bits per heavy atom. The molecule has 0 fully saturated rings. The third-order valence-corrected chi connectivity index (χ3v) is 13.3. The molecule has 0 saturated carbocycles. The number of phosphoric acid groups is 1. The fourth-order valence-electron chi connectivity index (χ4n) is 7.88. The largest absolute Gasteiger partial charge is 0.756 e. The number of phosphoric ester groups is 1. The average molecular weight is 1010 g/mol. The summed E-state index contributed by atoms with van der Waals surface area (Å²) in [7, 11) is 1.16. The smallest absolute Gasteiger partial charge is 0.306 e. The normalized spacial score (nSPS) is 14.4. The van der Waals surface area contributed by atoms with Gasteiger partial charge in [0.15, 0.2) is 0 Å². The van der Waals surface area contributed by atoms with Gasteiger partial charge in [-0.15, -0.1) is 0 Å². The standard InChI is InChI=1S/C61H109N2O7P/c1-7-10-13-16-19-22-25-27-29-30-31-32-34-35-38-41-44-47-50-53-60(64)62-58(57-69-71(66,67)68-56-55-63(4,5)6)59(52-49-46-43-40-37-24-21-18-15-12-9-3)70-61(65)54-51-48-45-42-39-36-33-28-26-23-20-17-14-11-8-2/h11,14,17,19-20,22-23,26-27,29,31-32,49,52,58-59H,7-10,12-13,15-16,18,21,24-25,28,30,33-48,50-51,53-57H2,1-6H3,(H-,62,64,66,67)/b14-11+,20-17+,22-19-,26-23+,29-27-,32-31-,52-49-. The zero-order valence-electron chi connectivity index (χ0n) is 46.7. The van der Waals surface area contributed by atoms with Gasteiger partial charge in [-0.05, 0) is 89.5 Å². The first-order valence-corrected chi connectivity index (χ1v) is 30.4. The quantitative estimate of drug-likeness (QED) is 0.0161. The Bertz CT molecular complexity index is 1490. The highest BCUT2D eigenvalue weighted by molar-refractivity contribution is 7.45. The van der Waals surface area contributed by atoms with Gasteiger partial charge in [0.2, 0.25) is 5.91 Å². The van der Waals surface area contributed by atoms with Gasteiger partial charge in [0.25, 0.3) is 7.82 Å². The summed E-state index contributed by atoms with van der Waals surface area (Å²) < 4.78 is 30.2. The van der Waals surface area contributed by atoms with E-state index in [1.165, 1.54) is 89.9 Å². The maximum atomic E-state index is 13.5. The number of nitrogens with zero attached hydrogens (tertiary/aromatic N) is 1. The van der Waals surface area contributed by atoms with Gasteiger partial charge < -0.3 is 28.5 Å². The van der Waals surface area contributed by atoms with Crippen molar-refractivity contribution in [2.45, 2.75) is 251 Å². The van der Waals surface area contributed by atoms with Crippen molar-refractivity contribution in [2.75, 3.05) is 40.9 Å². The summed E-state index contributed by atoms with van der Waals surface area (Å²) in [5, 5.41) is 3.01. The van der Waals surface area contributed by atoms with Gasteiger partial charge >= 0.3 is 5.97 Å². The van der Waals surface area contributed by atoms with Crippen molar-refractivity contribution in [1.29, 1.82) is 0 Å². The number of carbonyl (C=O) groups excluding carboxylic acids is 2. The second-order valence-electron chi connectivity index (χ2n) is 20.5. The van der Waals surface area contributed by atoms with E-state index < -0.39 is 26.6 Å². The summed E-state index contributed by atoms with van der Waals surface area (Å²) >= 11 is 0. The van der Waals surface area contributed by atoms with Crippen LogP contribution in [0.5, 0.6) is 0 Å². The molecule has 1 N–H and O–H groups in total. The third kappa shape index (κ3) is 51.9. The number of allylic oxidation sites excluding steroid dienone is 13. The van der Waals surface area contributed by atoms with Crippen molar-refractivity contribution >= 4 is 19.7 Å². The van der Waals surface area contributed by atoms with Gasteiger partial charge in [-0.25, -0.2) is 0 Å². The van der Waals surface area contributed by atoms with Crippen LogP contribution in [-0.2, 0) is 27.9 Å². The molecular weight excluding hydrogens is 904 g/mol. The van der Waals surface area contributed by atoms with Gasteiger partial charge in [0, 0.05) is 12.8 Å². The summed E-state index contributed by atoms with van der Waals surface area (Å²) in [4.78, 5) is 39.8. The molecule has 0 spiro atoms. The maximum absolute atomic E-state index is 13.5. The Kier molecular flexibility index (Phi) is 48.7. The van der Waals surface area contributed by atoms with Crippen LogP contribution in [0, 0.1) is 0 Å². The summed E-state index contributed by atoms with van der Waals surface area (Å²) in [6, 6.07) is -0.903. The molecule has 0 aliphatic carbocycles. The van der Waals surface area contributed by atoms with Crippen molar-refractivity contribution < 1.29 is 37.3 Å². The van der Waals surface area contributed by atoms with E-state index in [9.17, 15) is 19.0 Å². The van der Waals surface area contributed by atoms with E-state index in [-0.39, 0.29) is 24.9 Å². The molecule has 410 valence electrons. The highest BCUT2D eigenvalue weighted by Crippen LogP contribution is 2.38. The van der Waals surface area contributed by atoms with E-state index in [4.69, 9.17) is 13.8 Å². The van der Waals surface area contributed by atoms with Crippen molar-refractivity contribution in [3.8, 4) is 0 Å². The van der Waals surface area contributed by atoms with Crippen LogP contribution in [0.15, 0.2) is 85.1 Å². The molecule has 0 rings (SSSR count). The molecule has 0 aromatic heterocycles. The van der Waals surface area contributed by atoms with Gasteiger partial charge in [0.05, 0.1) is 33.8 Å². The summed E-state index contributed by atoms with van der Waals surface area (Å²) in [6.45, 7) is 6.65. The van der Waals surface area contributed by atoms with Crippen molar-refractivity contribution in [3.05, 3.63) is 85.1 Å². The molecule has 3 unspecified atom stereocenters. The predicted molar refractivity (Wildman–Crippen MR) is 302 cm³/mol. The van der Waals surface area contributed by atoms with Gasteiger partial charge in [0.1, 0.15) is 19.3 Å². The molecule has 0 saturated heterocycles. The minimum Gasteiger partial charge on any atom is -0.756 e. The minimum atomic E-state index is -4.70. The Morgan fingerprint density at radius 2 is 0.958 bits per heavy atom. The molecule has 0 bridgehead atoms. The van der Waals surface area contributed by atoms with Crippen LogP contribution in [-0.4, -0.2) is 69.4 Å². The van der Waals surface area contributed by atoms with Crippen LogP contribution >= 0.6 is 7.82 Å². The zero-order valence-corrected chi connectivity index (χ0v) is 47.5. The van der Waals surface area contributed by atoms with Crippen LogP contribution in [0.1, 0.15) is 239 Å². The van der Waals surface area contributed by atoms with E-state index in [2.05, 4.69) is 99.0 Å². The van der Waals surface area contributed by atoms with Gasteiger partial charge in [-0.1, -0.05) is 222 Å². The number of nitrogens with one attached hydrogen (secondary N) is 1. The number of hydrogen-bond donors (Lipinski definition) is 1. The second kappa shape index (κ2) is 50.7. The molecule has 0 aliphatic rings. The topological polar surface area (TPSA) is 114 Å². The molecule has 1 amide bonds. The fourth-order valence-corrected chi connectivity index (χ4v) is 8.60.